The molecule has 1 N–H and O–H groups in total. The summed E-state index contributed by atoms with van der Waals surface area (Å²) in [5.41, 5.74) is 3.67. The van der Waals surface area contributed by atoms with Gasteiger partial charge in [0, 0.05) is 31.4 Å². The van der Waals surface area contributed by atoms with Gasteiger partial charge in [-0.3, -0.25) is 4.79 Å². The van der Waals surface area contributed by atoms with Crippen molar-refractivity contribution in [1.29, 1.82) is 0 Å². The lowest BCUT2D eigenvalue weighted by atomic mass is 10.1. The Morgan fingerprint density at radius 1 is 0.816 bits per heavy atom. The second-order valence-corrected chi connectivity index (χ2v) is 13.9. The fraction of sp³-hybridized carbons (Fsp3) is 0.296. The number of carbonyl (C=O) groups is 1. The highest BCUT2D eigenvalue weighted by Crippen LogP contribution is 2.27. The molecular formula is C27H32ClN3O5S2. The molecule has 0 saturated heterocycles. The van der Waals surface area contributed by atoms with E-state index in [4.69, 9.17) is 11.6 Å². The van der Waals surface area contributed by atoms with Crippen molar-refractivity contribution in [3.8, 4) is 0 Å². The van der Waals surface area contributed by atoms with Crippen molar-refractivity contribution in [2.45, 2.75) is 44.0 Å². The van der Waals surface area contributed by atoms with Crippen molar-refractivity contribution >= 4 is 43.2 Å². The molecule has 0 aromatic heterocycles. The van der Waals surface area contributed by atoms with Gasteiger partial charge in [0.1, 0.15) is 0 Å². The van der Waals surface area contributed by atoms with Crippen molar-refractivity contribution in [1.82, 2.24) is 8.61 Å². The lowest BCUT2D eigenvalue weighted by Crippen LogP contribution is -2.38. The minimum absolute atomic E-state index is 0.0138. The third-order valence-corrected chi connectivity index (χ3v) is 10.2. The van der Waals surface area contributed by atoms with Crippen molar-refractivity contribution in [3.05, 3.63) is 87.4 Å². The summed E-state index contributed by atoms with van der Waals surface area (Å²) in [4.78, 5) is 13.4. The Kier molecular flexibility index (Phi) is 9.05. The summed E-state index contributed by atoms with van der Waals surface area (Å²) in [5, 5.41) is 3.21. The van der Waals surface area contributed by atoms with Crippen LogP contribution in [-0.2, 0) is 31.4 Å². The SMILES string of the molecule is Cc1cc(C)c(S(=O)(=O)N(CC(=O)Nc2cc(S(=O)(=O)N(C)C)ccc2C)Cc2ccc(Cl)cc2)c(C)c1. The monoisotopic (exact) mass is 577 g/mol. The van der Waals surface area contributed by atoms with E-state index in [0.717, 1.165) is 14.2 Å². The first-order valence-corrected chi connectivity index (χ1v) is 15.0. The molecule has 0 spiro atoms. The van der Waals surface area contributed by atoms with Gasteiger partial charge in [-0.25, -0.2) is 21.1 Å². The zero-order valence-electron chi connectivity index (χ0n) is 22.2. The largest absolute Gasteiger partial charge is 0.325 e. The van der Waals surface area contributed by atoms with Crippen LogP contribution in [0.2, 0.25) is 5.02 Å². The highest BCUT2D eigenvalue weighted by Gasteiger charge is 2.30. The lowest BCUT2D eigenvalue weighted by molar-refractivity contribution is -0.116. The topological polar surface area (TPSA) is 104 Å². The van der Waals surface area contributed by atoms with E-state index < -0.39 is 32.5 Å². The number of hydrogen-bond donors (Lipinski definition) is 1. The van der Waals surface area contributed by atoms with Crippen molar-refractivity contribution < 1.29 is 21.6 Å². The third-order valence-electron chi connectivity index (χ3n) is 6.06. The standard InChI is InChI=1S/C27H32ClN3O5S2/c1-18-13-20(3)27(21(4)14-18)38(35,36)31(16-22-8-10-23(28)11-9-22)17-26(32)29-25-15-24(12-7-19(25)2)37(33,34)30(5)6/h7-15H,16-17H2,1-6H3,(H,29,32). The molecule has 0 unspecified atom stereocenters. The number of amides is 1. The van der Waals surface area contributed by atoms with Crippen LogP contribution in [0.1, 0.15) is 27.8 Å². The van der Waals surface area contributed by atoms with Gasteiger partial charge in [-0.15, -0.1) is 0 Å². The van der Waals surface area contributed by atoms with E-state index in [1.165, 1.54) is 26.2 Å². The quantitative estimate of drug-likeness (QED) is 0.398. The van der Waals surface area contributed by atoms with Crippen LogP contribution in [0.5, 0.6) is 0 Å². The van der Waals surface area contributed by atoms with Crippen LogP contribution in [0.4, 0.5) is 5.69 Å². The molecule has 0 heterocycles. The Bertz CT molecular complexity index is 1550. The first kappa shape index (κ1) is 29.8. The number of sulfonamides is 2. The molecule has 3 rings (SSSR count). The van der Waals surface area contributed by atoms with Crippen LogP contribution in [0, 0.1) is 27.7 Å². The number of anilines is 1. The summed E-state index contributed by atoms with van der Waals surface area (Å²) in [6, 6.07) is 14.7. The predicted octanol–water partition coefficient (Wildman–Crippen LogP) is 4.65. The predicted molar refractivity (Wildman–Crippen MR) is 150 cm³/mol. The molecule has 3 aromatic carbocycles. The molecular weight excluding hydrogens is 546 g/mol. The third kappa shape index (κ3) is 6.62. The summed E-state index contributed by atoms with van der Waals surface area (Å²) in [6.45, 7) is 6.53. The van der Waals surface area contributed by atoms with Gasteiger partial charge in [0.25, 0.3) is 0 Å². The van der Waals surface area contributed by atoms with E-state index in [9.17, 15) is 21.6 Å². The molecule has 0 aliphatic rings. The number of halogens is 1. The minimum Gasteiger partial charge on any atom is -0.325 e. The van der Waals surface area contributed by atoms with E-state index in [0.29, 0.717) is 27.3 Å². The summed E-state index contributed by atoms with van der Waals surface area (Å²) in [6.07, 6.45) is 0. The van der Waals surface area contributed by atoms with Crippen LogP contribution in [0.15, 0.2) is 64.4 Å². The Morgan fingerprint density at radius 3 is 1.95 bits per heavy atom. The molecule has 11 heteroatoms. The first-order valence-electron chi connectivity index (χ1n) is 11.8. The molecule has 38 heavy (non-hydrogen) atoms. The number of nitrogens with zero attached hydrogens (tertiary/aromatic N) is 2. The zero-order chi connectivity index (χ0) is 28.4. The molecule has 0 aliphatic heterocycles. The van der Waals surface area contributed by atoms with Gasteiger partial charge in [-0.1, -0.05) is 47.5 Å². The summed E-state index contributed by atoms with van der Waals surface area (Å²) in [7, 11) is -4.98. The number of benzene rings is 3. The molecule has 3 aromatic rings. The molecule has 8 nitrogen and oxygen atoms in total. The maximum Gasteiger partial charge on any atom is 0.244 e. The molecule has 0 atom stereocenters. The van der Waals surface area contributed by atoms with E-state index in [2.05, 4.69) is 5.32 Å². The number of carbonyl (C=O) groups excluding carboxylic acids is 1. The van der Waals surface area contributed by atoms with Gasteiger partial charge in [-0.2, -0.15) is 4.31 Å². The Morgan fingerprint density at radius 2 is 1.39 bits per heavy atom. The van der Waals surface area contributed by atoms with E-state index in [1.807, 2.05) is 6.92 Å². The second-order valence-electron chi connectivity index (χ2n) is 9.44. The molecule has 0 fully saturated rings. The average molecular weight is 578 g/mol. The van der Waals surface area contributed by atoms with Crippen molar-refractivity contribution in [2.75, 3.05) is 26.0 Å². The molecule has 0 bridgehead atoms. The normalized spacial score (nSPS) is 12.2. The van der Waals surface area contributed by atoms with E-state index >= 15 is 0 Å². The Labute approximate surface area is 230 Å². The Balaban J connectivity index is 1.99. The van der Waals surface area contributed by atoms with Crippen molar-refractivity contribution in [2.24, 2.45) is 0 Å². The van der Waals surface area contributed by atoms with Crippen LogP contribution in [0.25, 0.3) is 0 Å². The number of hydrogen-bond acceptors (Lipinski definition) is 5. The highest BCUT2D eigenvalue weighted by atomic mass is 35.5. The van der Waals surface area contributed by atoms with Crippen LogP contribution in [-0.4, -0.2) is 52.0 Å². The molecule has 1 amide bonds. The molecule has 0 radical (unpaired) electrons. The smallest absolute Gasteiger partial charge is 0.244 e. The number of nitrogens with one attached hydrogen (secondary N) is 1. The molecule has 204 valence electrons. The number of aryl methyl sites for hydroxylation is 4. The Hall–Kier alpha value is -2.76. The average Bonchev–Trinajstić information content (AvgIpc) is 2.80. The van der Waals surface area contributed by atoms with Crippen LogP contribution >= 0.6 is 11.6 Å². The maximum absolute atomic E-state index is 13.9. The number of rotatable bonds is 9. The van der Waals surface area contributed by atoms with Crippen LogP contribution < -0.4 is 5.32 Å². The second kappa shape index (κ2) is 11.5. The summed E-state index contributed by atoms with van der Waals surface area (Å²) < 4.78 is 55.2. The lowest BCUT2D eigenvalue weighted by Gasteiger charge is -2.24. The molecule has 0 saturated carbocycles. The summed E-state index contributed by atoms with van der Waals surface area (Å²) in [5.74, 6) is -0.604. The zero-order valence-corrected chi connectivity index (χ0v) is 24.6. The minimum atomic E-state index is -4.09. The van der Waals surface area contributed by atoms with Gasteiger partial charge in [0.2, 0.25) is 26.0 Å². The summed E-state index contributed by atoms with van der Waals surface area (Å²) >= 11 is 6.00. The van der Waals surface area contributed by atoms with Crippen LogP contribution in [0.3, 0.4) is 0 Å². The van der Waals surface area contributed by atoms with Gasteiger partial charge in [0.15, 0.2) is 0 Å². The first-order chi connectivity index (χ1) is 17.6. The van der Waals surface area contributed by atoms with Crippen molar-refractivity contribution in [3.63, 3.8) is 0 Å². The van der Waals surface area contributed by atoms with E-state index in [1.54, 1.807) is 63.2 Å². The molecule has 0 aliphatic carbocycles. The fourth-order valence-electron chi connectivity index (χ4n) is 4.18. The maximum atomic E-state index is 13.9. The fourth-order valence-corrected chi connectivity index (χ4v) is 7.03. The van der Waals surface area contributed by atoms with Gasteiger partial charge in [-0.05, 0) is 74.2 Å². The van der Waals surface area contributed by atoms with E-state index in [-0.39, 0.29) is 22.0 Å². The van der Waals surface area contributed by atoms with Gasteiger partial charge < -0.3 is 5.32 Å². The van der Waals surface area contributed by atoms with Gasteiger partial charge >= 0.3 is 0 Å². The van der Waals surface area contributed by atoms with Gasteiger partial charge in [0.05, 0.1) is 16.3 Å². The highest BCUT2D eigenvalue weighted by molar-refractivity contribution is 7.89.